The summed E-state index contributed by atoms with van der Waals surface area (Å²) in [4.78, 5) is 11.1. The Morgan fingerprint density at radius 3 is 2.94 bits per heavy atom. The predicted octanol–water partition coefficient (Wildman–Crippen LogP) is 3.69. The van der Waals surface area contributed by atoms with Crippen LogP contribution >= 0.6 is 23.1 Å². The van der Waals surface area contributed by atoms with Crippen molar-refractivity contribution in [3.8, 4) is 0 Å². The van der Waals surface area contributed by atoms with Crippen LogP contribution in [0.5, 0.6) is 0 Å². The zero-order chi connectivity index (χ0) is 13.3. The molecular formula is C11H8ClFN2O2S. The summed E-state index contributed by atoms with van der Waals surface area (Å²) in [6, 6.07) is 4.46. The summed E-state index contributed by atoms with van der Waals surface area (Å²) in [6.07, 6.45) is 0. The number of aromatic nitrogens is 1. The molecule has 0 bridgehead atoms. The summed E-state index contributed by atoms with van der Waals surface area (Å²) in [6.45, 7) is 1.58. The van der Waals surface area contributed by atoms with Crippen molar-refractivity contribution < 1.29 is 14.3 Å². The highest BCUT2D eigenvalue weighted by atomic mass is 35.5. The zero-order valence-corrected chi connectivity index (χ0v) is 10.8. The first kappa shape index (κ1) is 12.8. The van der Waals surface area contributed by atoms with Gasteiger partial charge in [0, 0.05) is 0 Å². The van der Waals surface area contributed by atoms with E-state index < -0.39 is 11.8 Å². The minimum Gasteiger partial charge on any atom is -0.478 e. The van der Waals surface area contributed by atoms with Crippen molar-refractivity contribution in [1.82, 2.24) is 4.37 Å². The summed E-state index contributed by atoms with van der Waals surface area (Å²) < 4.78 is 17.6. The highest BCUT2D eigenvalue weighted by Crippen LogP contribution is 2.30. The van der Waals surface area contributed by atoms with Crippen molar-refractivity contribution in [2.24, 2.45) is 0 Å². The van der Waals surface area contributed by atoms with E-state index in [2.05, 4.69) is 9.69 Å². The van der Waals surface area contributed by atoms with E-state index in [1.54, 1.807) is 13.0 Å². The van der Waals surface area contributed by atoms with E-state index in [1.165, 1.54) is 12.1 Å². The van der Waals surface area contributed by atoms with E-state index in [1.807, 2.05) is 0 Å². The van der Waals surface area contributed by atoms with Gasteiger partial charge in [0.1, 0.15) is 10.6 Å². The van der Waals surface area contributed by atoms with E-state index in [-0.39, 0.29) is 21.3 Å². The smallest absolute Gasteiger partial charge is 0.340 e. The third kappa shape index (κ3) is 2.30. The molecule has 1 aromatic heterocycles. The molecule has 0 aliphatic heterocycles. The third-order valence-corrected chi connectivity index (χ3v) is 3.42. The standard InChI is InChI=1S/C11H8ClFN2O2S/c1-5-8(11(16)17)10(18-15-5)14-7-4-2-3-6(12)9(7)13/h2-4,14H,1H3,(H,16,17). The van der Waals surface area contributed by atoms with Gasteiger partial charge in [0.2, 0.25) is 0 Å². The van der Waals surface area contributed by atoms with Crippen molar-refractivity contribution in [2.75, 3.05) is 5.32 Å². The number of nitrogens with zero attached hydrogens (tertiary/aromatic N) is 1. The second-order valence-corrected chi connectivity index (χ2v) is 4.68. The van der Waals surface area contributed by atoms with Crippen LogP contribution < -0.4 is 5.32 Å². The van der Waals surface area contributed by atoms with Crippen LogP contribution in [0.15, 0.2) is 18.2 Å². The lowest BCUT2D eigenvalue weighted by molar-refractivity contribution is 0.0697. The molecule has 0 amide bonds. The number of benzene rings is 1. The number of aromatic carboxylic acids is 1. The number of carbonyl (C=O) groups is 1. The molecule has 0 saturated heterocycles. The van der Waals surface area contributed by atoms with Gasteiger partial charge in [0.15, 0.2) is 5.82 Å². The van der Waals surface area contributed by atoms with Gasteiger partial charge in [-0.25, -0.2) is 9.18 Å². The van der Waals surface area contributed by atoms with Crippen LogP contribution in [0.1, 0.15) is 16.1 Å². The molecule has 0 radical (unpaired) electrons. The average molecular weight is 287 g/mol. The molecule has 7 heteroatoms. The van der Waals surface area contributed by atoms with E-state index >= 15 is 0 Å². The Balaban J connectivity index is 2.41. The van der Waals surface area contributed by atoms with Gasteiger partial charge in [-0.3, -0.25) is 0 Å². The van der Waals surface area contributed by atoms with Crippen LogP contribution in [0.25, 0.3) is 0 Å². The molecule has 0 fully saturated rings. The number of aryl methyl sites for hydroxylation is 1. The highest BCUT2D eigenvalue weighted by Gasteiger charge is 2.18. The lowest BCUT2D eigenvalue weighted by Gasteiger charge is -2.06. The monoisotopic (exact) mass is 286 g/mol. The normalized spacial score (nSPS) is 10.4. The van der Waals surface area contributed by atoms with Gasteiger partial charge in [0.25, 0.3) is 0 Å². The minimum absolute atomic E-state index is 0.0295. The summed E-state index contributed by atoms with van der Waals surface area (Å²) in [5.74, 6) is -1.73. The Labute approximate surface area is 111 Å². The van der Waals surface area contributed by atoms with Gasteiger partial charge < -0.3 is 10.4 Å². The number of hydrogen-bond donors (Lipinski definition) is 2. The Morgan fingerprint density at radius 1 is 1.56 bits per heavy atom. The van der Waals surface area contributed by atoms with Crippen LogP contribution in [-0.4, -0.2) is 15.4 Å². The first-order chi connectivity index (χ1) is 8.50. The lowest BCUT2D eigenvalue weighted by atomic mass is 10.2. The predicted molar refractivity (Wildman–Crippen MR) is 68.5 cm³/mol. The van der Waals surface area contributed by atoms with Crippen LogP contribution in [0.3, 0.4) is 0 Å². The van der Waals surface area contributed by atoms with Crippen LogP contribution in [-0.2, 0) is 0 Å². The van der Waals surface area contributed by atoms with Gasteiger partial charge in [-0.15, -0.1) is 0 Å². The second-order valence-electron chi connectivity index (χ2n) is 3.50. The van der Waals surface area contributed by atoms with Crippen LogP contribution in [0.2, 0.25) is 5.02 Å². The molecular weight excluding hydrogens is 279 g/mol. The number of nitrogens with one attached hydrogen (secondary N) is 1. The summed E-state index contributed by atoms with van der Waals surface area (Å²) in [5, 5.41) is 12.0. The Bertz CT molecular complexity index is 615. The van der Waals surface area contributed by atoms with E-state index in [0.717, 1.165) is 11.5 Å². The Kier molecular flexibility index (Phi) is 3.49. The Hall–Kier alpha value is -1.66. The van der Waals surface area contributed by atoms with Crippen LogP contribution in [0, 0.1) is 12.7 Å². The van der Waals surface area contributed by atoms with Crippen molar-refractivity contribution >= 4 is 39.8 Å². The SMILES string of the molecule is Cc1nsc(Nc2cccc(Cl)c2F)c1C(=O)O. The first-order valence-corrected chi connectivity index (χ1v) is 6.06. The first-order valence-electron chi connectivity index (χ1n) is 4.91. The maximum absolute atomic E-state index is 13.7. The Morgan fingerprint density at radius 2 is 2.28 bits per heavy atom. The van der Waals surface area contributed by atoms with Crippen molar-refractivity contribution in [2.45, 2.75) is 6.92 Å². The van der Waals surface area contributed by atoms with Crippen LogP contribution in [0.4, 0.5) is 15.1 Å². The zero-order valence-electron chi connectivity index (χ0n) is 9.20. The van der Waals surface area contributed by atoms with Crippen molar-refractivity contribution in [3.63, 3.8) is 0 Å². The van der Waals surface area contributed by atoms with Gasteiger partial charge in [-0.1, -0.05) is 17.7 Å². The summed E-state index contributed by atoms with van der Waals surface area (Å²) in [7, 11) is 0. The number of carboxylic acid groups (broad SMARTS) is 1. The average Bonchev–Trinajstić information content (AvgIpc) is 2.66. The lowest BCUT2D eigenvalue weighted by Crippen LogP contribution is -2.02. The molecule has 0 aliphatic carbocycles. The molecule has 1 aromatic carbocycles. The molecule has 1 heterocycles. The van der Waals surface area contributed by atoms with E-state index in [0.29, 0.717) is 5.69 Å². The molecule has 2 rings (SSSR count). The molecule has 4 nitrogen and oxygen atoms in total. The molecule has 2 N–H and O–H groups in total. The summed E-state index contributed by atoms with van der Waals surface area (Å²) >= 11 is 6.61. The number of anilines is 2. The van der Waals surface area contributed by atoms with E-state index in [4.69, 9.17) is 16.7 Å². The molecule has 94 valence electrons. The second kappa shape index (κ2) is 4.91. The molecule has 0 saturated carbocycles. The summed E-state index contributed by atoms with van der Waals surface area (Å²) in [5.41, 5.74) is 0.547. The molecule has 0 aliphatic rings. The fourth-order valence-electron chi connectivity index (χ4n) is 1.43. The number of hydrogen-bond acceptors (Lipinski definition) is 4. The fraction of sp³-hybridized carbons (Fsp3) is 0.0909. The van der Waals surface area contributed by atoms with Crippen molar-refractivity contribution in [3.05, 3.63) is 40.3 Å². The van der Waals surface area contributed by atoms with Crippen molar-refractivity contribution in [1.29, 1.82) is 0 Å². The fourth-order valence-corrected chi connectivity index (χ4v) is 2.41. The maximum atomic E-state index is 13.7. The van der Waals surface area contributed by atoms with Gasteiger partial charge in [-0.05, 0) is 30.6 Å². The molecule has 0 spiro atoms. The number of rotatable bonds is 3. The van der Waals surface area contributed by atoms with Gasteiger partial charge in [0.05, 0.1) is 16.4 Å². The topological polar surface area (TPSA) is 62.2 Å². The quantitative estimate of drug-likeness (QED) is 0.903. The minimum atomic E-state index is -1.11. The molecule has 0 unspecified atom stereocenters. The van der Waals surface area contributed by atoms with E-state index in [9.17, 15) is 9.18 Å². The van der Waals surface area contributed by atoms with Gasteiger partial charge >= 0.3 is 5.97 Å². The number of halogens is 2. The number of carboxylic acids is 1. The molecule has 0 atom stereocenters. The largest absolute Gasteiger partial charge is 0.478 e. The highest BCUT2D eigenvalue weighted by molar-refractivity contribution is 7.10. The third-order valence-electron chi connectivity index (χ3n) is 2.28. The molecule has 2 aromatic rings. The van der Waals surface area contributed by atoms with Gasteiger partial charge in [-0.2, -0.15) is 4.37 Å². The molecule has 18 heavy (non-hydrogen) atoms. The maximum Gasteiger partial charge on any atom is 0.340 e.